The number of thiophene rings is 1. The summed E-state index contributed by atoms with van der Waals surface area (Å²) in [5, 5.41) is 10.1. The average molecular weight is 422 g/mol. The fourth-order valence-corrected chi connectivity index (χ4v) is 4.42. The molecule has 2 aromatic heterocycles. The van der Waals surface area contributed by atoms with E-state index in [2.05, 4.69) is 4.98 Å². The number of hydrogen-bond acceptors (Lipinski definition) is 4. The van der Waals surface area contributed by atoms with Gasteiger partial charge in [0.15, 0.2) is 0 Å². The maximum Gasteiger partial charge on any atom is 0.329 e. The van der Waals surface area contributed by atoms with Crippen molar-refractivity contribution in [3.8, 4) is 10.4 Å². The van der Waals surface area contributed by atoms with Crippen LogP contribution in [0.15, 0.2) is 65.5 Å². The summed E-state index contributed by atoms with van der Waals surface area (Å²) in [5.74, 6) is -1.38. The molecule has 0 saturated carbocycles. The molecule has 152 valence electrons. The smallest absolute Gasteiger partial charge is 0.329 e. The summed E-state index contributed by atoms with van der Waals surface area (Å²) in [6.07, 6.45) is 0.00708. The van der Waals surface area contributed by atoms with Crippen molar-refractivity contribution < 1.29 is 14.3 Å². The van der Waals surface area contributed by atoms with Crippen LogP contribution in [0.3, 0.4) is 0 Å². The van der Waals surface area contributed by atoms with Crippen molar-refractivity contribution in [3.05, 3.63) is 88.2 Å². The molecule has 1 N–H and O–H groups in total. The van der Waals surface area contributed by atoms with Crippen LogP contribution >= 0.6 is 11.3 Å². The van der Waals surface area contributed by atoms with Gasteiger partial charge in [0.2, 0.25) is 0 Å². The Morgan fingerprint density at radius 2 is 1.80 bits per heavy atom. The topological polar surface area (TPSA) is 72.2 Å². The molecule has 30 heavy (non-hydrogen) atoms. The van der Waals surface area contributed by atoms with E-state index in [0.29, 0.717) is 15.8 Å². The Morgan fingerprint density at radius 1 is 1.13 bits per heavy atom. The van der Waals surface area contributed by atoms with Crippen LogP contribution in [-0.4, -0.2) is 20.6 Å². The zero-order chi connectivity index (χ0) is 21.5. The fourth-order valence-electron chi connectivity index (χ4n) is 3.37. The lowest BCUT2D eigenvalue weighted by atomic mass is 10.0. The zero-order valence-electron chi connectivity index (χ0n) is 16.4. The van der Waals surface area contributed by atoms with E-state index < -0.39 is 22.9 Å². The molecule has 4 rings (SSSR count). The Bertz CT molecular complexity index is 1310. The first-order valence-electron chi connectivity index (χ1n) is 9.37. The zero-order valence-corrected chi connectivity index (χ0v) is 17.2. The van der Waals surface area contributed by atoms with Gasteiger partial charge in [0.25, 0.3) is 5.56 Å². The highest BCUT2D eigenvalue weighted by Crippen LogP contribution is 2.32. The van der Waals surface area contributed by atoms with Gasteiger partial charge in [-0.3, -0.25) is 9.36 Å². The maximum atomic E-state index is 14.3. The van der Waals surface area contributed by atoms with Crippen LogP contribution in [0.2, 0.25) is 0 Å². The molecule has 0 aliphatic carbocycles. The molecule has 2 aromatic carbocycles. The number of halogens is 1. The molecule has 0 saturated heterocycles. The number of carbonyl (C=O) groups is 1. The van der Waals surface area contributed by atoms with Crippen LogP contribution < -0.4 is 5.56 Å². The highest BCUT2D eigenvalue weighted by Gasteiger charge is 2.34. The number of nitrogens with zero attached hydrogens (tertiary/aromatic N) is 2. The Hall–Kier alpha value is -3.32. The van der Waals surface area contributed by atoms with E-state index in [4.69, 9.17) is 0 Å². The van der Waals surface area contributed by atoms with Gasteiger partial charge in [0.1, 0.15) is 22.0 Å². The molecular weight excluding hydrogens is 403 g/mol. The molecule has 0 atom stereocenters. The Labute approximate surface area is 176 Å². The van der Waals surface area contributed by atoms with E-state index in [1.807, 2.05) is 30.3 Å². The molecule has 7 heteroatoms. The van der Waals surface area contributed by atoms with Crippen LogP contribution in [-0.2, 0) is 16.8 Å². The molecular formula is C23H19FN2O3S. The van der Waals surface area contributed by atoms with E-state index in [0.717, 1.165) is 10.4 Å². The van der Waals surface area contributed by atoms with Gasteiger partial charge in [0.05, 0.1) is 5.39 Å². The van der Waals surface area contributed by atoms with Crippen LogP contribution in [0.4, 0.5) is 4.39 Å². The lowest BCUT2D eigenvalue weighted by Crippen LogP contribution is -2.44. The third-order valence-electron chi connectivity index (χ3n) is 5.08. The summed E-state index contributed by atoms with van der Waals surface area (Å²) in [6, 6.07) is 17.5. The SMILES string of the molecule is CC(C)(C(=O)O)n1c(Cc2ccccc2F)nc2sc(-c3ccccc3)cc2c1=O. The van der Waals surface area contributed by atoms with Crippen LogP contribution in [0.1, 0.15) is 25.2 Å². The fraction of sp³-hybridized carbons (Fsp3) is 0.174. The van der Waals surface area contributed by atoms with Crippen LogP contribution in [0, 0.1) is 5.82 Å². The van der Waals surface area contributed by atoms with Gasteiger partial charge in [-0.25, -0.2) is 14.2 Å². The normalized spacial score (nSPS) is 11.7. The molecule has 5 nitrogen and oxygen atoms in total. The second kappa shape index (κ2) is 7.50. The van der Waals surface area contributed by atoms with Crippen LogP contribution in [0.25, 0.3) is 20.7 Å². The van der Waals surface area contributed by atoms with Gasteiger partial charge < -0.3 is 5.11 Å². The predicted octanol–water partition coefficient (Wildman–Crippen LogP) is 4.67. The van der Waals surface area contributed by atoms with E-state index in [1.165, 1.54) is 35.8 Å². The van der Waals surface area contributed by atoms with Crippen LogP contribution in [0.5, 0.6) is 0 Å². The van der Waals surface area contributed by atoms with Gasteiger partial charge in [-0.15, -0.1) is 11.3 Å². The first kappa shape index (κ1) is 20.0. The largest absolute Gasteiger partial charge is 0.480 e. The molecule has 0 amide bonds. The summed E-state index contributed by atoms with van der Waals surface area (Å²) < 4.78 is 15.4. The Kier molecular flexibility index (Phi) is 4.99. The molecule has 0 spiro atoms. The van der Waals surface area contributed by atoms with E-state index >= 15 is 0 Å². The number of aromatic nitrogens is 2. The number of aliphatic carboxylic acids is 1. The Morgan fingerprint density at radius 3 is 2.47 bits per heavy atom. The summed E-state index contributed by atoms with van der Waals surface area (Å²) >= 11 is 1.36. The first-order chi connectivity index (χ1) is 14.3. The number of fused-ring (bicyclic) bond motifs is 1. The number of carboxylic acids is 1. The third kappa shape index (κ3) is 3.41. The lowest BCUT2D eigenvalue weighted by molar-refractivity contribution is -0.146. The quantitative estimate of drug-likeness (QED) is 0.507. The van der Waals surface area contributed by atoms with E-state index in [-0.39, 0.29) is 12.2 Å². The monoisotopic (exact) mass is 422 g/mol. The highest BCUT2D eigenvalue weighted by molar-refractivity contribution is 7.21. The van der Waals surface area contributed by atoms with E-state index in [9.17, 15) is 19.1 Å². The second-order valence-electron chi connectivity index (χ2n) is 7.50. The summed E-state index contributed by atoms with van der Waals surface area (Å²) in [5.41, 5.74) is -0.705. The molecule has 4 aromatic rings. The van der Waals surface area contributed by atoms with Gasteiger partial charge >= 0.3 is 5.97 Å². The van der Waals surface area contributed by atoms with Crippen molar-refractivity contribution in [3.63, 3.8) is 0 Å². The molecule has 0 fully saturated rings. The minimum atomic E-state index is -1.55. The van der Waals surface area contributed by atoms with Crippen molar-refractivity contribution in [2.45, 2.75) is 25.8 Å². The van der Waals surface area contributed by atoms with Crippen molar-refractivity contribution in [1.82, 2.24) is 9.55 Å². The molecule has 0 unspecified atom stereocenters. The van der Waals surface area contributed by atoms with Crippen molar-refractivity contribution in [2.24, 2.45) is 0 Å². The Balaban J connectivity index is 1.97. The maximum absolute atomic E-state index is 14.3. The second-order valence-corrected chi connectivity index (χ2v) is 8.53. The predicted molar refractivity (Wildman–Crippen MR) is 115 cm³/mol. The number of benzene rings is 2. The minimum Gasteiger partial charge on any atom is -0.480 e. The summed E-state index contributed by atoms with van der Waals surface area (Å²) in [7, 11) is 0. The van der Waals surface area contributed by atoms with Crippen molar-refractivity contribution >= 4 is 27.5 Å². The van der Waals surface area contributed by atoms with Crippen molar-refractivity contribution in [1.29, 1.82) is 0 Å². The van der Waals surface area contributed by atoms with Crippen molar-refractivity contribution in [2.75, 3.05) is 0 Å². The summed E-state index contributed by atoms with van der Waals surface area (Å²) in [4.78, 5) is 31.3. The highest BCUT2D eigenvalue weighted by atomic mass is 32.1. The average Bonchev–Trinajstić information content (AvgIpc) is 3.15. The lowest BCUT2D eigenvalue weighted by Gasteiger charge is -2.25. The number of carboxylic acid groups (broad SMARTS) is 1. The molecule has 2 heterocycles. The minimum absolute atomic E-state index is 0.00708. The van der Waals surface area contributed by atoms with Gasteiger partial charge in [0, 0.05) is 11.3 Å². The summed E-state index contributed by atoms with van der Waals surface area (Å²) in [6.45, 7) is 2.89. The third-order valence-corrected chi connectivity index (χ3v) is 6.16. The molecule has 0 radical (unpaired) electrons. The molecule has 0 aliphatic rings. The first-order valence-corrected chi connectivity index (χ1v) is 10.2. The van der Waals surface area contributed by atoms with Gasteiger partial charge in [-0.2, -0.15) is 0 Å². The standard InChI is InChI=1S/C23H19FN2O3S/c1-23(2,22(28)29)26-19(12-15-10-6-7-11-17(15)24)25-20-16(21(26)27)13-18(30-20)14-8-4-3-5-9-14/h3-11,13H,12H2,1-2H3,(H,28,29). The number of rotatable bonds is 5. The number of hydrogen-bond donors (Lipinski definition) is 1. The van der Waals surface area contributed by atoms with Gasteiger partial charge in [-0.1, -0.05) is 48.5 Å². The molecule has 0 bridgehead atoms. The van der Waals surface area contributed by atoms with Gasteiger partial charge in [-0.05, 0) is 37.1 Å². The molecule has 0 aliphatic heterocycles. The van der Waals surface area contributed by atoms with E-state index in [1.54, 1.807) is 24.3 Å².